The second-order valence-corrected chi connectivity index (χ2v) is 4.52. The number of rotatable bonds is 2. The van der Waals surface area contributed by atoms with E-state index in [1.165, 1.54) is 0 Å². The molecule has 0 saturated heterocycles. The lowest BCUT2D eigenvalue weighted by atomic mass is 10.2. The average molecular weight is 169 g/mol. The Morgan fingerprint density at radius 1 is 1.58 bits per heavy atom. The van der Waals surface area contributed by atoms with Gasteiger partial charge in [0.05, 0.1) is 6.04 Å². The zero-order valence-corrected chi connectivity index (χ0v) is 8.39. The van der Waals surface area contributed by atoms with Crippen LogP contribution < -0.4 is 11.1 Å². The molecule has 3 nitrogen and oxygen atoms in total. The molecule has 0 spiro atoms. The lowest BCUT2D eigenvalue weighted by molar-refractivity contribution is 0.615. The van der Waals surface area contributed by atoms with E-state index in [1.54, 1.807) is 0 Å². The van der Waals surface area contributed by atoms with Gasteiger partial charge < -0.3 is 11.1 Å². The fourth-order valence-corrected chi connectivity index (χ4v) is 1.16. The third-order valence-electron chi connectivity index (χ3n) is 2.19. The van der Waals surface area contributed by atoms with Crippen molar-refractivity contribution in [1.82, 2.24) is 5.32 Å². The summed E-state index contributed by atoms with van der Waals surface area (Å²) in [6, 6.07) is 0.805. The van der Waals surface area contributed by atoms with Crippen molar-refractivity contribution in [1.29, 1.82) is 0 Å². The van der Waals surface area contributed by atoms with Gasteiger partial charge in [0.1, 0.15) is 0 Å². The van der Waals surface area contributed by atoms with Crippen molar-refractivity contribution < 1.29 is 0 Å². The minimum Gasteiger partial charge on any atom is -0.370 e. The molecule has 1 aliphatic carbocycles. The lowest BCUT2D eigenvalue weighted by Gasteiger charge is -2.08. The number of aliphatic imine (C=N–C) groups is 1. The highest BCUT2D eigenvalue weighted by atomic mass is 15.1. The van der Waals surface area contributed by atoms with Crippen LogP contribution in [-0.2, 0) is 0 Å². The summed E-state index contributed by atoms with van der Waals surface area (Å²) in [5, 5.41) is 3.08. The Morgan fingerprint density at radius 3 is 2.42 bits per heavy atom. The van der Waals surface area contributed by atoms with Crippen LogP contribution in [0.25, 0.3) is 0 Å². The summed E-state index contributed by atoms with van der Waals surface area (Å²) < 4.78 is 0. The van der Waals surface area contributed by atoms with Gasteiger partial charge in [0.25, 0.3) is 0 Å². The van der Waals surface area contributed by atoms with Crippen molar-refractivity contribution in [3.05, 3.63) is 0 Å². The van der Waals surface area contributed by atoms with E-state index in [0.717, 1.165) is 6.42 Å². The Labute approximate surface area is 74.4 Å². The quantitative estimate of drug-likeness (QED) is 0.480. The molecule has 1 unspecified atom stereocenters. The first-order valence-electron chi connectivity index (χ1n) is 4.51. The number of hydrogen-bond donors (Lipinski definition) is 2. The molecule has 3 N–H and O–H groups in total. The van der Waals surface area contributed by atoms with E-state index in [0.29, 0.717) is 23.5 Å². The maximum Gasteiger partial charge on any atom is 0.189 e. The van der Waals surface area contributed by atoms with Crippen LogP contribution in [0.3, 0.4) is 0 Å². The van der Waals surface area contributed by atoms with Gasteiger partial charge in [0.2, 0.25) is 0 Å². The summed E-state index contributed by atoms with van der Waals surface area (Å²) >= 11 is 0. The molecule has 1 aliphatic rings. The van der Waals surface area contributed by atoms with E-state index in [9.17, 15) is 0 Å². The number of nitrogens with one attached hydrogen (secondary N) is 1. The van der Waals surface area contributed by atoms with Crippen LogP contribution in [0.1, 0.15) is 34.1 Å². The first-order valence-corrected chi connectivity index (χ1v) is 4.51. The van der Waals surface area contributed by atoms with Crippen LogP contribution in [0.2, 0.25) is 0 Å². The highest BCUT2D eigenvalue weighted by Gasteiger charge is 2.45. The summed E-state index contributed by atoms with van der Waals surface area (Å²) in [4.78, 5) is 4.36. The van der Waals surface area contributed by atoms with Crippen LogP contribution >= 0.6 is 0 Å². The molecule has 0 radical (unpaired) electrons. The molecule has 0 aromatic heterocycles. The first kappa shape index (κ1) is 9.36. The summed E-state index contributed by atoms with van der Waals surface area (Å²) in [6.07, 6.45) is 1.16. The molecular weight excluding hydrogens is 150 g/mol. The van der Waals surface area contributed by atoms with Gasteiger partial charge in [-0.2, -0.15) is 0 Å². The highest BCUT2D eigenvalue weighted by Crippen LogP contribution is 2.47. The van der Waals surface area contributed by atoms with Crippen LogP contribution in [0.15, 0.2) is 4.99 Å². The first-order chi connectivity index (χ1) is 5.42. The van der Waals surface area contributed by atoms with Crippen molar-refractivity contribution >= 4 is 5.96 Å². The Balaban J connectivity index is 2.38. The number of nitrogens with zero attached hydrogens (tertiary/aromatic N) is 1. The van der Waals surface area contributed by atoms with E-state index in [1.807, 2.05) is 0 Å². The number of nitrogens with two attached hydrogens (primary N) is 1. The summed E-state index contributed by atoms with van der Waals surface area (Å²) in [5.74, 6) is 0.584. The summed E-state index contributed by atoms with van der Waals surface area (Å²) in [7, 11) is 0. The fourth-order valence-electron chi connectivity index (χ4n) is 1.16. The molecule has 0 aromatic rings. The topological polar surface area (TPSA) is 50.4 Å². The Morgan fingerprint density at radius 2 is 2.08 bits per heavy atom. The molecule has 0 heterocycles. The monoisotopic (exact) mass is 169 g/mol. The van der Waals surface area contributed by atoms with E-state index in [-0.39, 0.29) is 0 Å². The standard InChI is InChI=1S/C9H19N3/c1-6(2)11-8(10)12-7-5-9(7,3)4/h6-7H,5H2,1-4H3,(H3,10,11,12). The van der Waals surface area contributed by atoms with Crippen LogP contribution in [-0.4, -0.2) is 18.0 Å². The van der Waals surface area contributed by atoms with Gasteiger partial charge in [-0.05, 0) is 25.7 Å². The summed E-state index contributed by atoms with van der Waals surface area (Å²) in [6.45, 7) is 8.54. The minimum atomic E-state index is 0.371. The molecule has 1 rings (SSSR count). The second kappa shape index (κ2) is 2.96. The van der Waals surface area contributed by atoms with E-state index in [2.05, 4.69) is 38.0 Å². The maximum atomic E-state index is 5.68. The molecule has 1 saturated carbocycles. The minimum absolute atomic E-state index is 0.371. The molecule has 0 bridgehead atoms. The van der Waals surface area contributed by atoms with Crippen molar-refractivity contribution in [3.63, 3.8) is 0 Å². The van der Waals surface area contributed by atoms with Gasteiger partial charge in [-0.15, -0.1) is 0 Å². The average Bonchev–Trinajstić information content (AvgIpc) is 2.35. The third-order valence-corrected chi connectivity index (χ3v) is 2.19. The Bertz CT molecular complexity index is 194. The van der Waals surface area contributed by atoms with Gasteiger partial charge in [0, 0.05) is 6.04 Å². The van der Waals surface area contributed by atoms with Crippen LogP contribution in [0.4, 0.5) is 0 Å². The van der Waals surface area contributed by atoms with Gasteiger partial charge in [-0.3, -0.25) is 0 Å². The van der Waals surface area contributed by atoms with Crippen molar-refractivity contribution in [2.24, 2.45) is 16.1 Å². The van der Waals surface area contributed by atoms with Crippen molar-refractivity contribution in [3.8, 4) is 0 Å². The van der Waals surface area contributed by atoms with Gasteiger partial charge >= 0.3 is 0 Å². The SMILES string of the molecule is CC(C)NC(N)=NC1CC1(C)C. The van der Waals surface area contributed by atoms with E-state index < -0.39 is 0 Å². The molecule has 0 aromatic carbocycles. The van der Waals surface area contributed by atoms with Crippen LogP contribution in [0.5, 0.6) is 0 Å². The van der Waals surface area contributed by atoms with E-state index >= 15 is 0 Å². The zero-order chi connectivity index (χ0) is 9.35. The molecule has 0 amide bonds. The second-order valence-electron chi connectivity index (χ2n) is 4.52. The predicted octanol–water partition coefficient (Wildman–Crippen LogP) is 1.10. The van der Waals surface area contributed by atoms with Gasteiger partial charge in [-0.1, -0.05) is 13.8 Å². The van der Waals surface area contributed by atoms with E-state index in [4.69, 9.17) is 5.73 Å². The van der Waals surface area contributed by atoms with Gasteiger partial charge in [-0.25, -0.2) is 4.99 Å². The number of guanidine groups is 1. The Kier molecular flexibility index (Phi) is 2.31. The Hall–Kier alpha value is -0.730. The normalized spacial score (nSPS) is 27.4. The molecule has 3 heteroatoms. The maximum absolute atomic E-state index is 5.68. The molecule has 1 atom stereocenters. The van der Waals surface area contributed by atoms with Crippen LogP contribution in [0, 0.1) is 5.41 Å². The lowest BCUT2D eigenvalue weighted by Crippen LogP contribution is -2.37. The molecule has 0 aliphatic heterocycles. The molecular formula is C9H19N3. The predicted molar refractivity (Wildman–Crippen MR) is 52.1 cm³/mol. The summed E-state index contributed by atoms with van der Waals surface area (Å²) in [5.41, 5.74) is 6.05. The molecule has 70 valence electrons. The fraction of sp³-hybridized carbons (Fsp3) is 0.889. The van der Waals surface area contributed by atoms with Gasteiger partial charge in [0.15, 0.2) is 5.96 Å². The zero-order valence-electron chi connectivity index (χ0n) is 8.39. The third kappa shape index (κ3) is 2.40. The highest BCUT2D eigenvalue weighted by molar-refractivity contribution is 5.78. The largest absolute Gasteiger partial charge is 0.370 e. The van der Waals surface area contributed by atoms with Crippen molar-refractivity contribution in [2.45, 2.75) is 46.2 Å². The molecule has 1 fully saturated rings. The molecule has 12 heavy (non-hydrogen) atoms. The van der Waals surface area contributed by atoms with Crippen molar-refractivity contribution in [2.75, 3.05) is 0 Å². The smallest absolute Gasteiger partial charge is 0.189 e. The number of hydrogen-bond acceptors (Lipinski definition) is 1.